The molecule has 1 unspecified atom stereocenters. The zero-order chi connectivity index (χ0) is 18.7. The molecule has 0 aliphatic heterocycles. The molecule has 0 fully saturated rings. The van der Waals surface area contributed by atoms with Crippen molar-refractivity contribution in [2.24, 2.45) is 0 Å². The number of hydrogen-bond acceptors (Lipinski definition) is 2. The molecule has 5 heteroatoms. The summed E-state index contributed by atoms with van der Waals surface area (Å²) in [5, 5.41) is 0. The highest BCUT2D eigenvalue weighted by Crippen LogP contribution is 2.33. The maximum atomic E-state index is 13.4. The second-order valence-electron chi connectivity index (χ2n) is 6.18. The standard InChI is InChI=1S/C21H20FNO2S/c1-16-8-14-21(15-9-16)26(24,25)23(20-12-10-19(22)11-13-20)17(2)18-6-4-3-5-7-18/h3-15,17H,1-2H3. The van der Waals surface area contributed by atoms with Crippen LogP contribution in [-0.2, 0) is 10.0 Å². The number of aryl methyl sites for hydroxylation is 1. The monoisotopic (exact) mass is 369 g/mol. The maximum absolute atomic E-state index is 13.4. The second-order valence-corrected chi connectivity index (χ2v) is 7.99. The Balaban J connectivity index is 2.13. The highest BCUT2D eigenvalue weighted by atomic mass is 32.2. The smallest absolute Gasteiger partial charge is 0.259 e. The first-order valence-corrected chi connectivity index (χ1v) is 9.75. The number of nitrogens with zero attached hydrogens (tertiary/aromatic N) is 1. The molecule has 0 aromatic heterocycles. The van der Waals surface area contributed by atoms with Crippen molar-refractivity contribution in [2.45, 2.75) is 24.8 Å². The summed E-state index contributed by atoms with van der Waals surface area (Å²) in [6, 6.07) is 21.2. The van der Waals surface area contributed by atoms with Crippen molar-refractivity contribution >= 4 is 15.7 Å². The third-order valence-electron chi connectivity index (χ3n) is 4.29. The van der Waals surface area contributed by atoms with E-state index in [4.69, 9.17) is 0 Å². The van der Waals surface area contributed by atoms with Gasteiger partial charge in [-0.05, 0) is 55.8 Å². The summed E-state index contributed by atoms with van der Waals surface area (Å²) in [7, 11) is -3.82. The molecule has 0 spiro atoms. The van der Waals surface area contributed by atoms with Gasteiger partial charge in [0, 0.05) is 0 Å². The topological polar surface area (TPSA) is 37.4 Å². The molecular weight excluding hydrogens is 349 g/mol. The van der Waals surface area contributed by atoms with Crippen molar-refractivity contribution < 1.29 is 12.8 Å². The van der Waals surface area contributed by atoms with Crippen LogP contribution in [0.5, 0.6) is 0 Å². The summed E-state index contributed by atoms with van der Waals surface area (Å²) < 4.78 is 41.5. The largest absolute Gasteiger partial charge is 0.264 e. The van der Waals surface area contributed by atoms with Gasteiger partial charge in [-0.3, -0.25) is 4.31 Å². The van der Waals surface area contributed by atoms with Gasteiger partial charge in [0.2, 0.25) is 0 Å². The molecule has 0 bridgehead atoms. The molecular formula is C21H20FNO2S. The van der Waals surface area contributed by atoms with Crippen molar-refractivity contribution in [3.8, 4) is 0 Å². The van der Waals surface area contributed by atoms with Crippen molar-refractivity contribution in [3.63, 3.8) is 0 Å². The number of anilines is 1. The van der Waals surface area contributed by atoms with Crippen molar-refractivity contribution in [3.05, 3.63) is 95.8 Å². The number of benzene rings is 3. The third kappa shape index (κ3) is 3.63. The van der Waals surface area contributed by atoms with Crippen LogP contribution in [0.25, 0.3) is 0 Å². The van der Waals surface area contributed by atoms with E-state index in [-0.39, 0.29) is 4.90 Å². The molecule has 1 atom stereocenters. The number of sulfonamides is 1. The summed E-state index contributed by atoms with van der Waals surface area (Å²) >= 11 is 0. The van der Waals surface area contributed by atoms with Gasteiger partial charge in [-0.15, -0.1) is 0 Å². The predicted molar refractivity (Wildman–Crippen MR) is 102 cm³/mol. The summed E-state index contributed by atoms with van der Waals surface area (Å²) in [4.78, 5) is 0.204. The van der Waals surface area contributed by atoms with Gasteiger partial charge >= 0.3 is 0 Å². The van der Waals surface area contributed by atoms with E-state index < -0.39 is 21.9 Å². The van der Waals surface area contributed by atoms with Gasteiger partial charge in [0.15, 0.2) is 0 Å². The quantitative estimate of drug-likeness (QED) is 0.628. The first-order valence-electron chi connectivity index (χ1n) is 8.31. The van der Waals surface area contributed by atoms with E-state index in [0.717, 1.165) is 11.1 Å². The van der Waals surface area contributed by atoms with Gasteiger partial charge < -0.3 is 0 Å². The summed E-state index contributed by atoms with van der Waals surface area (Å²) in [5.74, 6) is -0.409. The molecule has 0 aliphatic rings. The Kier molecular flexibility index (Phi) is 5.09. The molecule has 0 amide bonds. The molecule has 134 valence electrons. The van der Waals surface area contributed by atoms with E-state index in [2.05, 4.69) is 0 Å². The zero-order valence-corrected chi connectivity index (χ0v) is 15.4. The molecule has 0 saturated heterocycles. The highest BCUT2D eigenvalue weighted by molar-refractivity contribution is 7.92. The number of hydrogen-bond donors (Lipinski definition) is 0. The molecule has 26 heavy (non-hydrogen) atoms. The molecule has 0 saturated carbocycles. The van der Waals surface area contributed by atoms with E-state index in [1.807, 2.05) is 44.2 Å². The van der Waals surface area contributed by atoms with Crippen LogP contribution < -0.4 is 4.31 Å². The van der Waals surface area contributed by atoms with Gasteiger partial charge in [-0.25, -0.2) is 12.8 Å². The van der Waals surface area contributed by atoms with Crippen LogP contribution in [0.2, 0.25) is 0 Å². The van der Waals surface area contributed by atoms with E-state index in [1.54, 1.807) is 24.3 Å². The van der Waals surface area contributed by atoms with Crippen LogP contribution in [0.3, 0.4) is 0 Å². The average Bonchev–Trinajstić information content (AvgIpc) is 2.64. The second kappa shape index (κ2) is 7.30. The van der Waals surface area contributed by atoms with Crippen LogP contribution in [0.1, 0.15) is 24.1 Å². The van der Waals surface area contributed by atoms with E-state index in [0.29, 0.717) is 5.69 Å². The van der Waals surface area contributed by atoms with Crippen molar-refractivity contribution in [1.82, 2.24) is 0 Å². The molecule has 0 radical (unpaired) electrons. The van der Waals surface area contributed by atoms with Gasteiger partial charge in [-0.2, -0.15) is 0 Å². The van der Waals surface area contributed by atoms with Crippen LogP contribution in [0.4, 0.5) is 10.1 Å². The SMILES string of the molecule is Cc1ccc(S(=O)(=O)N(c2ccc(F)cc2)C(C)c2ccccc2)cc1. The van der Waals surface area contributed by atoms with E-state index >= 15 is 0 Å². The molecule has 3 rings (SSSR count). The van der Waals surface area contributed by atoms with E-state index in [9.17, 15) is 12.8 Å². The molecule has 3 aromatic rings. The van der Waals surface area contributed by atoms with Crippen LogP contribution in [0, 0.1) is 12.7 Å². The van der Waals surface area contributed by atoms with Gasteiger partial charge in [0.25, 0.3) is 10.0 Å². The minimum absolute atomic E-state index is 0.204. The summed E-state index contributed by atoms with van der Waals surface area (Å²) in [6.45, 7) is 3.73. The fourth-order valence-corrected chi connectivity index (χ4v) is 4.49. The average molecular weight is 369 g/mol. The summed E-state index contributed by atoms with van der Waals surface area (Å²) in [5.41, 5.74) is 2.25. The molecule has 3 nitrogen and oxygen atoms in total. The lowest BCUT2D eigenvalue weighted by Crippen LogP contribution is -2.33. The Morgan fingerprint density at radius 3 is 2.00 bits per heavy atom. The lowest BCUT2D eigenvalue weighted by atomic mass is 10.1. The maximum Gasteiger partial charge on any atom is 0.264 e. The van der Waals surface area contributed by atoms with Crippen molar-refractivity contribution in [1.29, 1.82) is 0 Å². The fraction of sp³-hybridized carbons (Fsp3) is 0.143. The zero-order valence-electron chi connectivity index (χ0n) is 14.6. The first-order chi connectivity index (χ1) is 12.4. The highest BCUT2D eigenvalue weighted by Gasteiger charge is 2.30. The molecule has 3 aromatic carbocycles. The van der Waals surface area contributed by atoms with Gasteiger partial charge in [0.05, 0.1) is 16.6 Å². The lowest BCUT2D eigenvalue weighted by molar-refractivity contribution is 0.582. The molecule has 0 N–H and O–H groups in total. The lowest BCUT2D eigenvalue weighted by Gasteiger charge is -2.31. The Morgan fingerprint density at radius 2 is 1.42 bits per heavy atom. The molecule has 0 aliphatic carbocycles. The Bertz CT molecular complexity index is 969. The number of halogens is 1. The Hall–Kier alpha value is -2.66. The number of rotatable bonds is 5. The fourth-order valence-electron chi connectivity index (χ4n) is 2.85. The molecule has 0 heterocycles. The van der Waals surface area contributed by atoms with Crippen molar-refractivity contribution in [2.75, 3.05) is 4.31 Å². The Labute approximate surface area is 153 Å². The van der Waals surface area contributed by atoms with Crippen LogP contribution in [0.15, 0.2) is 83.8 Å². The van der Waals surface area contributed by atoms with Crippen LogP contribution >= 0.6 is 0 Å². The van der Waals surface area contributed by atoms with Gasteiger partial charge in [0.1, 0.15) is 5.82 Å². The minimum Gasteiger partial charge on any atom is -0.259 e. The first kappa shape index (κ1) is 18.1. The normalized spacial score (nSPS) is 12.6. The third-order valence-corrected chi connectivity index (χ3v) is 6.21. The Morgan fingerprint density at radius 1 is 0.846 bits per heavy atom. The van der Waals surface area contributed by atoms with Gasteiger partial charge in [-0.1, -0.05) is 48.0 Å². The minimum atomic E-state index is -3.82. The van der Waals surface area contributed by atoms with Crippen LogP contribution in [-0.4, -0.2) is 8.42 Å². The predicted octanol–water partition coefficient (Wildman–Crippen LogP) is 5.09. The van der Waals surface area contributed by atoms with E-state index in [1.165, 1.54) is 28.6 Å². The summed E-state index contributed by atoms with van der Waals surface area (Å²) in [6.07, 6.45) is 0.